The molecule has 0 bridgehead atoms. The fourth-order valence-corrected chi connectivity index (χ4v) is 1.34. The van der Waals surface area contributed by atoms with Gasteiger partial charge in [0, 0.05) is 12.6 Å². The largest absolute Gasteiger partial charge is 0.491 e. The van der Waals surface area contributed by atoms with Gasteiger partial charge in [-0.1, -0.05) is 26.0 Å². The molecule has 2 N–H and O–H groups in total. The van der Waals surface area contributed by atoms with Crippen LogP contribution in [0.1, 0.15) is 19.4 Å². The molecule has 1 aromatic rings. The van der Waals surface area contributed by atoms with Crippen molar-refractivity contribution in [3.8, 4) is 5.75 Å². The summed E-state index contributed by atoms with van der Waals surface area (Å²) in [5.41, 5.74) is 0.910. The lowest BCUT2D eigenvalue weighted by atomic mass is 10.2. The van der Waals surface area contributed by atoms with E-state index in [0.29, 0.717) is 18.3 Å². The summed E-state index contributed by atoms with van der Waals surface area (Å²) in [4.78, 5) is 0. The van der Waals surface area contributed by atoms with Crippen LogP contribution in [0.15, 0.2) is 24.3 Å². The Morgan fingerprint density at radius 1 is 1.32 bits per heavy atom. The van der Waals surface area contributed by atoms with Crippen LogP contribution < -0.4 is 10.1 Å². The first-order valence-electron chi connectivity index (χ1n) is 5.99. The highest BCUT2D eigenvalue weighted by molar-refractivity contribution is 5.28. The molecule has 19 heavy (non-hydrogen) atoms. The van der Waals surface area contributed by atoms with E-state index < -0.39 is 18.9 Å². The van der Waals surface area contributed by atoms with Gasteiger partial charge in [0.15, 0.2) is 6.10 Å². The lowest BCUT2D eigenvalue weighted by Gasteiger charge is -2.16. The van der Waals surface area contributed by atoms with Crippen LogP contribution in [0.5, 0.6) is 5.75 Å². The Hall–Kier alpha value is -1.27. The number of ether oxygens (including phenoxy) is 1. The number of halogens is 3. The molecule has 0 aliphatic heterocycles. The van der Waals surface area contributed by atoms with Gasteiger partial charge in [-0.2, -0.15) is 13.2 Å². The Morgan fingerprint density at radius 2 is 2.00 bits per heavy atom. The number of rotatable bonds is 6. The van der Waals surface area contributed by atoms with Gasteiger partial charge in [0.25, 0.3) is 0 Å². The molecule has 0 spiro atoms. The van der Waals surface area contributed by atoms with Crippen LogP contribution in [-0.4, -0.2) is 30.0 Å². The number of nitrogens with one attached hydrogen (secondary N) is 1. The molecule has 3 nitrogen and oxygen atoms in total. The third-order valence-electron chi connectivity index (χ3n) is 2.40. The van der Waals surface area contributed by atoms with E-state index >= 15 is 0 Å². The first-order chi connectivity index (χ1) is 8.79. The molecule has 0 heterocycles. The number of hydrogen-bond acceptors (Lipinski definition) is 3. The second-order valence-corrected chi connectivity index (χ2v) is 4.55. The van der Waals surface area contributed by atoms with Crippen molar-refractivity contribution in [2.75, 3.05) is 6.61 Å². The summed E-state index contributed by atoms with van der Waals surface area (Å²) < 4.78 is 41.2. The van der Waals surface area contributed by atoms with Crippen LogP contribution >= 0.6 is 0 Å². The summed E-state index contributed by atoms with van der Waals surface area (Å²) in [5, 5.41) is 12.0. The molecule has 0 aliphatic rings. The molecular formula is C13H18F3NO2. The number of aliphatic hydroxyl groups excluding tert-OH is 1. The lowest BCUT2D eigenvalue weighted by Crippen LogP contribution is -2.34. The second-order valence-electron chi connectivity index (χ2n) is 4.55. The highest BCUT2D eigenvalue weighted by atomic mass is 19.4. The minimum Gasteiger partial charge on any atom is -0.491 e. The maximum atomic E-state index is 12.1. The zero-order valence-electron chi connectivity index (χ0n) is 10.9. The van der Waals surface area contributed by atoms with Gasteiger partial charge in [0.2, 0.25) is 0 Å². The van der Waals surface area contributed by atoms with E-state index in [1.54, 1.807) is 18.2 Å². The van der Waals surface area contributed by atoms with Crippen molar-refractivity contribution in [1.29, 1.82) is 0 Å². The standard InChI is InChI=1S/C13H18F3NO2/c1-9(2)17-7-10-4-3-5-11(6-10)19-8-12(18)13(14,15)16/h3-6,9,12,17-18H,7-8H2,1-2H3. The Balaban J connectivity index is 2.53. The average molecular weight is 277 g/mol. The van der Waals surface area contributed by atoms with E-state index in [2.05, 4.69) is 5.32 Å². The maximum absolute atomic E-state index is 12.1. The molecule has 1 unspecified atom stereocenters. The van der Waals surface area contributed by atoms with Crippen LogP contribution in [0.2, 0.25) is 0 Å². The summed E-state index contributed by atoms with van der Waals surface area (Å²) >= 11 is 0. The van der Waals surface area contributed by atoms with Crippen LogP contribution in [0.4, 0.5) is 13.2 Å². The number of hydrogen-bond donors (Lipinski definition) is 2. The molecule has 0 saturated heterocycles. The van der Waals surface area contributed by atoms with E-state index in [0.717, 1.165) is 5.56 Å². The van der Waals surface area contributed by atoms with Crippen molar-refractivity contribution in [3.05, 3.63) is 29.8 Å². The molecular weight excluding hydrogens is 259 g/mol. The smallest absolute Gasteiger partial charge is 0.417 e. The molecule has 0 aliphatic carbocycles. The van der Waals surface area contributed by atoms with Gasteiger partial charge in [-0.25, -0.2) is 0 Å². The average Bonchev–Trinajstić information content (AvgIpc) is 2.32. The molecule has 0 fully saturated rings. The summed E-state index contributed by atoms with van der Waals surface area (Å²) in [6, 6.07) is 7.08. The van der Waals surface area contributed by atoms with Gasteiger partial charge in [-0.15, -0.1) is 0 Å². The highest BCUT2D eigenvalue weighted by Crippen LogP contribution is 2.21. The molecule has 1 rings (SSSR count). The molecule has 0 aromatic heterocycles. The van der Waals surface area contributed by atoms with Gasteiger partial charge in [0.05, 0.1) is 0 Å². The van der Waals surface area contributed by atoms with E-state index in [9.17, 15) is 13.2 Å². The highest BCUT2D eigenvalue weighted by Gasteiger charge is 2.38. The number of alkyl halides is 3. The summed E-state index contributed by atoms with van der Waals surface area (Å²) in [7, 11) is 0. The molecule has 0 radical (unpaired) electrons. The van der Waals surface area contributed by atoms with E-state index in [4.69, 9.17) is 9.84 Å². The summed E-state index contributed by atoms with van der Waals surface area (Å²) in [5.74, 6) is 0.311. The third kappa shape index (κ3) is 5.94. The molecule has 1 atom stereocenters. The SMILES string of the molecule is CC(C)NCc1cccc(OCC(O)C(F)(F)F)c1. The van der Waals surface area contributed by atoms with E-state index in [1.165, 1.54) is 0 Å². The van der Waals surface area contributed by atoms with Gasteiger partial charge >= 0.3 is 6.18 Å². The Bertz CT molecular complexity index is 394. The molecule has 1 aromatic carbocycles. The van der Waals surface area contributed by atoms with Gasteiger partial charge in [-0.05, 0) is 17.7 Å². The minimum absolute atomic E-state index is 0.311. The fourth-order valence-electron chi connectivity index (χ4n) is 1.34. The monoisotopic (exact) mass is 277 g/mol. The first-order valence-corrected chi connectivity index (χ1v) is 5.99. The topological polar surface area (TPSA) is 41.5 Å². The van der Waals surface area contributed by atoms with Crippen LogP contribution in [0.25, 0.3) is 0 Å². The van der Waals surface area contributed by atoms with Crippen molar-refractivity contribution in [1.82, 2.24) is 5.32 Å². The molecule has 0 saturated carbocycles. The molecule has 0 amide bonds. The predicted molar refractivity (Wildman–Crippen MR) is 66.0 cm³/mol. The Kier molecular flexibility index (Phi) is 5.62. The van der Waals surface area contributed by atoms with Gasteiger partial charge < -0.3 is 15.2 Å². The van der Waals surface area contributed by atoms with Crippen LogP contribution in [-0.2, 0) is 6.54 Å². The minimum atomic E-state index is -4.66. The number of benzene rings is 1. The zero-order valence-corrected chi connectivity index (χ0v) is 10.9. The van der Waals surface area contributed by atoms with E-state index in [1.807, 2.05) is 19.9 Å². The number of aliphatic hydroxyl groups is 1. The van der Waals surface area contributed by atoms with Gasteiger partial charge in [-0.3, -0.25) is 0 Å². The normalized spacial score (nSPS) is 13.6. The Morgan fingerprint density at radius 3 is 2.58 bits per heavy atom. The molecule has 108 valence electrons. The van der Waals surface area contributed by atoms with E-state index in [-0.39, 0.29) is 0 Å². The quantitative estimate of drug-likeness (QED) is 0.839. The maximum Gasteiger partial charge on any atom is 0.417 e. The van der Waals surface area contributed by atoms with Crippen molar-refractivity contribution >= 4 is 0 Å². The first kappa shape index (κ1) is 15.8. The van der Waals surface area contributed by atoms with Crippen molar-refractivity contribution in [2.45, 2.75) is 38.7 Å². The van der Waals surface area contributed by atoms with Crippen molar-refractivity contribution in [3.63, 3.8) is 0 Å². The second kappa shape index (κ2) is 6.77. The van der Waals surface area contributed by atoms with Crippen molar-refractivity contribution < 1.29 is 23.0 Å². The van der Waals surface area contributed by atoms with Crippen molar-refractivity contribution in [2.24, 2.45) is 0 Å². The lowest BCUT2D eigenvalue weighted by molar-refractivity contribution is -0.210. The van der Waals surface area contributed by atoms with Gasteiger partial charge in [0.1, 0.15) is 12.4 Å². The fraction of sp³-hybridized carbons (Fsp3) is 0.538. The predicted octanol–water partition coefficient (Wildman–Crippen LogP) is 2.49. The Labute approximate surface area is 110 Å². The molecule has 6 heteroatoms. The third-order valence-corrected chi connectivity index (χ3v) is 2.40. The summed E-state index contributed by atoms with van der Waals surface area (Å²) in [6.07, 6.45) is -7.12. The van der Waals surface area contributed by atoms with Crippen LogP contribution in [0, 0.1) is 0 Å². The zero-order chi connectivity index (χ0) is 14.5. The van der Waals surface area contributed by atoms with Crippen LogP contribution in [0.3, 0.4) is 0 Å². The summed E-state index contributed by atoms with van der Waals surface area (Å²) in [6.45, 7) is 3.81.